The number of cyclic esters (lactones) is 1. The number of ether oxygens (including phenoxy) is 5. The molecule has 0 aliphatic carbocycles. The van der Waals surface area contributed by atoms with E-state index in [-0.39, 0.29) is 37.5 Å². The van der Waals surface area contributed by atoms with Gasteiger partial charge in [0.2, 0.25) is 5.91 Å². The van der Waals surface area contributed by atoms with Crippen LogP contribution < -0.4 is 5.32 Å². The van der Waals surface area contributed by atoms with E-state index in [1.54, 1.807) is 60.3 Å². The Labute approximate surface area is 351 Å². The molecule has 1 unspecified atom stereocenters. The van der Waals surface area contributed by atoms with Crippen LogP contribution in [0, 0.1) is 17.8 Å². The van der Waals surface area contributed by atoms with E-state index in [1.807, 2.05) is 22.9 Å². The number of ketones is 2. The monoisotopic (exact) mass is 843 g/mol. The van der Waals surface area contributed by atoms with Crippen LogP contribution in [0.2, 0.25) is 0 Å². The molecular weight excluding hydrogens is 781 g/mol. The van der Waals surface area contributed by atoms with Crippen molar-refractivity contribution >= 4 is 29.5 Å². The highest BCUT2D eigenvalue weighted by molar-refractivity contribution is 6.08. The fourth-order valence-corrected chi connectivity index (χ4v) is 9.35. The van der Waals surface area contributed by atoms with Gasteiger partial charge in [-0.25, -0.2) is 19.0 Å². The van der Waals surface area contributed by atoms with Crippen molar-refractivity contribution in [3.05, 3.63) is 37.1 Å². The summed E-state index contributed by atoms with van der Waals surface area (Å²) in [5.74, 6) is -6.46. The van der Waals surface area contributed by atoms with Gasteiger partial charge in [0.25, 0.3) is 5.67 Å². The molecule has 3 saturated heterocycles. The number of unbranched alkanes of at least 4 members (excludes halogenated alkanes) is 1. The minimum absolute atomic E-state index is 0.0583. The zero-order valence-corrected chi connectivity index (χ0v) is 36.4. The number of carbonyl (C=O) groups is 5. The number of hydrogen-bond donors (Lipinski definition) is 2. The second-order valence-corrected chi connectivity index (χ2v) is 17.3. The number of hydrogen-bond acceptors (Lipinski definition) is 13. The number of rotatable bonds is 11. The maximum Gasteiger partial charge on any atom is 0.410 e. The van der Waals surface area contributed by atoms with Gasteiger partial charge in [-0.1, -0.05) is 27.7 Å². The first-order valence-corrected chi connectivity index (χ1v) is 20.9. The molecule has 60 heavy (non-hydrogen) atoms. The number of Topliss-reactive ketones (excluding diaryl/α,β-unsaturated/α-hetero) is 2. The first-order valence-electron chi connectivity index (χ1n) is 20.9. The first-order chi connectivity index (χ1) is 28.2. The van der Waals surface area contributed by atoms with Crippen LogP contribution >= 0.6 is 0 Å². The fraction of sp³-hybridized carbons (Fsp3) is 0.698. The Balaban J connectivity index is 1.46. The molecule has 13 atom stereocenters. The number of nitrogens with zero attached hydrogens (tertiary/aromatic N) is 4. The lowest BCUT2D eigenvalue weighted by atomic mass is 9.73. The molecule has 3 fully saturated rings. The summed E-state index contributed by atoms with van der Waals surface area (Å²) in [4.78, 5) is 78.8. The van der Waals surface area contributed by atoms with Gasteiger partial charge in [-0.05, 0) is 71.9 Å². The number of methoxy groups -OCH3 is 1. The number of aromatic nitrogens is 3. The van der Waals surface area contributed by atoms with Crippen molar-refractivity contribution in [3.63, 3.8) is 0 Å². The lowest BCUT2D eigenvalue weighted by molar-refractivity contribution is -0.290. The number of aliphatic hydroxyl groups excluding tert-OH is 1. The number of esters is 1. The number of alkyl halides is 1. The Bertz CT molecular complexity index is 1860. The molecule has 0 radical (unpaired) electrons. The van der Waals surface area contributed by atoms with Gasteiger partial charge in [-0.3, -0.25) is 19.4 Å². The van der Waals surface area contributed by atoms with Gasteiger partial charge < -0.3 is 43.6 Å². The van der Waals surface area contributed by atoms with Crippen molar-refractivity contribution in [2.75, 3.05) is 13.7 Å². The molecule has 2 aromatic heterocycles. The maximum atomic E-state index is 16.9. The smallest absolute Gasteiger partial charge is 0.410 e. The summed E-state index contributed by atoms with van der Waals surface area (Å²) in [7, 11) is 1.36. The van der Waals surface area contributed by atoms with Crippen molar-refractivity contribution in [3.8, 4) is 11.3 Å². The summed E-state index contributed by atoms with van der Waals surface area (Å²) in [5, 5.41) is 14.0. The molecule has 16 nitrogen and oxygen atoms in total. The highest BCUT2D eigenvalue weighted by Crippen LogP contribution is 2.43. The Hall–Kier alpha value is -4.32. The number of imidazole rings is 1. The van der Waals surface area contributed by atoms with E-state index in [0.29, 0.717) is 19.4 Å². The topological polar surface area (TPSA) is 198 Å². The van der Waals surface area contributed by atoms with Gasteiger partial charge in [-0.15, -0.1) is 0 Å². The van der Waals surface area contributed by atoms with Crippen molar-refractivity contribution in [1.82, 2.24) is 24.8 Å². The normalized spacial score (nSPS) is 36.9. The minimum atomic E-state index is -3.23. The van der Waals surface area contributed by atoms with E-state index >= 15 is 4.39 Å². The first kappa shape index (κ1) is 46.7. The summed E-state index contributed by atoms with van der Waals surface area (Å²) < 4.78 is 49.1. The quantitative estimate of drug-likeness (QED) is 0.181. The van der Waals surface area contributed by atoms with Crippen molar-refractivity contribution < 1.29 is 57.2 Å². The van der Waals surface area contributed by atoms with Gasteiger partial charge in [0, 0.05) is 69.0 Å². The van der Waals surface area contributed by atoms with Crippen LogP contribution in [0.3, 0.4) is 0 Å². The maximum absolute atomic E-state index is 16.9. The number of halogens is 1. The van der Waals surface area contributed by atoms with Crippen LogP contribution in [0.4, 0.5) is 9.18 Å². The molecule has 17 heteroatoms. The summed E-state index contributed by atoms with van der Waals surface area (Å²) in [6.45, 7) is 14.3. The Morgan fingerprint density at radius 2 is 1.78 bits per heavy atom. The molecule has 5 rings (SSSR count). The lowest BCUT2D eigenvalue weighted by Gasteiger charge is -2.46. The van der Waals surface area contributed by atoms with Gasteiger partial charge in [-0.2, -0.15) is 0 Å². The molecule has 0 bridgehead atoms. The van der Waals surface area contributed by atoms with Crippen LogP contribution in [-0.2, 0) is 49.4 Å². The predicted octanol–water partition coefficient (Wildman–Crippen LogP) is 4.60. The minimum Gasteiger partial charge on any atom is -0.455 e. The molecule has 2 N–H and O–H groups in total. The van der Waals surface area contributed by atoms with E-state index in [2.05, 4.69) is 15.3 Å². The number of pyridine rings is 1. The molecule has 332 valence electrons. The van der Waals surface area contributed by atoms with Gasteiger partial charge in [0.1, 0.15) is 18.0 Å². The molecule has 3 aliphatic rings. The van der Waals surface area contributed by atoms with Crippen molar-refractivity contribution in [2.24, 2.45) is 17.8 Å². The molecule has 3 aliphatic heterocycles. The van der Waals surface area contributed by atoms with Gasteiger partial charge in [0.15, 0.2) is 17.7 Å². The Morgan fingerprint density at radius 3 is 2.42 bits per heavy atom. The Kier molecular flexibility index (Phi) is 14.6. The third kappa shape index (κ3) is 9.58. The predicted molar refractivity (Wildman–Crippen MR) is 215 cm³/mol. The van der Waals surface area contributed by atoms with Crippen LogP contribution in [0.1, 0.15) is 94.4 Å². The standard InChI is InChI=1S/C43H62FN5O11/c1-11-32-43(9)35(49(40(55)60-43)18-13-12-17-48-22-31(46-23-48)29-15-14-16-45-21-29)26(4)33(51)24(2)20-41(7,56-10)37(27(5)36(53)42(8,44)39(54)58-32)59-38-34(52)30(47-28(6)50)19-25(3)57-38/h14-16,21-27,30,32,34-35,37-38,52H,11-13,17-20H2,1-10H3,(H,47,50)/t24-,25-,26+,27-,30+,32-,34+,35?,37-,38+,41-,42+,43-/m1/s1. The average Bonchev–Trinajstić information content (AvgIpc) is 3.78. The largest absolute Gasteiger partial charge is 0.455 e. The van der Waals surface area contributed by atoms with Gasteiger partial charge in [0.05, 0.1) is 41.9 Å². The SMILES string of the molecule is CC[C@H]1OC(=O)[C@@](C)(F)C(=O)[C@@H](C)[C@@H](O[C@@H]2O[C@H](C)C[C@H](NC(C)=O)[C@@H]2O)[C@](C)(OC)C[C@@H](C)C(=O)[C@H](C)C2N(CCCCn3cnc(-c4cccnc4)c3)C(=O)O[C@@]21C. The molecule has 5 heterocycles. The Morgan fingerprint density at radius 1 is 1.08 bits per heavy atom. The number of aliphatic hydroxyl groups is 1. The summed E-state index contributed by atoms with van der Waals surface area (Å²) in [6, 6.07) is 2.03. The molecular formula is C43H62FN5O11. The van der Waals surface area contributed by atoms with Crippen molar-refractivity contribution in [1.29, 1.82) is 0 Å². The highest BCUT2D eigenvalue weighted by atomic mass is 19.1. The number of fused-ring (bicyclic) bond motifs is 1. The lowest BCUT2D eigenvalue weighted by Crippen LogP contribution is -2.62. The summed E-state index contributed by atoms with van der Waals surface area (Å²) in [6.07, 6.45) is 1.80. The number of aryl methyl sites for hydroxylation is 1. The van der Waals surface area contributed by atoms with E-state index in [1.165, 1.54) is 25.9 Å². The zero-order valence-electron chi connectivity index (χ0n) is 36.4. The molecule has 0 saturated carbocycles. The van der Waals surface area contributed by atoms with Crippen LogP contribution in [-0.4, -0.2) is 127 Å². The van der Waals surface area contributed by atoms with E-state index in [0.717, 1.165) is 18.2 Å². The molecule has 2 amide bonds. The molecule has 0 spiro atoms. The molecule has 0 aromatic carbocycles. The number of amides is 2. The number of nitrogens with one attached hydrogen (secondary N) is 1. The zero-order chi connectivity index (χ0) is 44.3. The fourth-order valence-electron chi connectivity index (χ4n) is 9.35. The second-order valence-electron chi connectivity index (χ2n) is 17.3. The number of carbonyl (C=O) groups excluding carboxylic acids is 5. The molecule has 2 aromatic rings. The van der Waals surface area contributed by atoms with E-state index < -0.39 is 95.3 Å². The van der Waals surface area contributed by atoms with Gasteiger partial charge >= 0.3 is 12.1 Å². The third-order valence-corrected chi connectivity index (χ3v) is 12.6. The summed E-state index contributed by atoms with van der Waals surface area (Å²) >= 11 is 0. The van der Waals surface area contributed by atoms with Crippen LogP contribution in [0.25, 0.3) is 11.3 Å². The van der Waals surface area contributed by atoms with Crippen molar-refractivity contribution in [2.45, 2.75) is 161 Å². The highest BCUT2D eigenvalue weighted by Gasteiger charge is 2.61. The van der Waals surface area contributed by atoms with E-state index in [9.17, 15) is 29.1 Å². The average molecular weight is 844 g/mol. The third-order valence-electron chi connectivity index (χ3n) is 12.6. The second kappa shape index (κ2) is 18.7. The summed E-state index contributed by atoms with van der Waals surface area (Å²) in [5.41, 5.74) is -4.71. The van der Waals surface area contributed by atoms with Crippen LogP contribution in [0.15, 0.2) is 37.1 Å². The van der Waals surface area contributed by atoms with Crippen LogP contribution in [0.5, 0.6) is 0 Å². The van der Waals surface area contributed by atoms with E-state index in [4.69, 9.17) is 23.7 Å².